The Hall–Kier alpha value is -2.96. The standard InChI is InChI=1S/C15H13FN4O2/c1-10-18-14(15(21)17-9-13-3-2-8-22-13)19-20(10)12-6-4-11(16)5-7-12/h2-8H,9H2,1H3,(H,17,21). The first-order valence-electron chi connectivity index (χ1n) is 6.63. The fourth-order valence-electron chi connectivity index (χ4n) is 1.97. The number of rotatable bonds is 4. The number of nitrogens with zero attached hydrogens (tertiary/aromatic N) is 3. The van der Waals surface area contributed by atoms with E-state index >= 15 is 0 Å². The molecular weight excluding hydrogens is 287 g/mol. The molecule has 7 heteroatoms. The van der Waals surface area contributed by atoms with Gasteiger partial charge in [-0.1, -0.05) is 0 Å². The Bertz CT molecular complexity index is 778. The first-order chi connectivity index (χ1) is 10.6. The summed E-state index contributed by atoms with van der Waals surface area (Å²) in [7, 11) is 0. The highest BCUT2D eigenvalue weighted by molar-refractivity contribution is 5.90. The Morgan fingerprint density at radius 3 is 2.77 bits per heavy atom. The lowest BCUT2D eigenvalue weighted by atomic mass is 10.3. The van der Waals surface area contributed by atoms with E-state index in [0.29, 0.717) is 17.3 Å². The molecule has 0 unspecified atom stereocenters. The van der Waals surface area contributed by atoms with Crippen molar-refractivity contribution in [2.75, 3.05) is 0 Å². The van der Waals surface area contributed by atoms with Crippen LogP contribution in [0.4, 0.5) is 4.39 Å². The van der Waals surface area contributed by atoms with Crippen LogP contribution in [0.3, 0.4) is 0 Å². The number of halogens is 1. The predicted molar refractivity (Wildman–Crippen MR) is 75.9 cm³/mol. The molecule has 0 aliphatic carbocycles. The van der Waals surface area contributed by atoms with Crippen molar-refractivity contribution >= 4 is 5.91 Å². The maximum absolute atomic E-state index is 13.0. The van der Waals surface area contributed by atoms with E-state index in [9.17, 15) is 9.18 Å². The van der Waals surface area contributed by atoms with Gasteiger partial charge in [-0.15, -0.1) is 5.10 Å². The Morgan fingerprint density at radius 2 is 2.09 bits per heavy atom. The minimum absolute atomic E-state index is 0.0494. The average Bonchev–Trinajstić information content (AvgIpc) is 3.15. The van der Waals surface area contributed by atoms with Gasteiger partial charge >= 0.3 is 0 Å². The number of hydrogen-bond donors (Lipinski definition) is 1. The van der Waals surface area contributed by atoms with E-state index in [2.05, 4.69) is 15.4 Å². The van der Waals surface area contributed by atoms with Gasteiger partial charge in [0.2, 0.25) is 5.82 Å². The topological polar surface area (TPSA) is 73.0 Å². The van der Waals surface area contributed by atoms with Gasteiger partial charge in [0.1, 0.15) is 17.4 Å². The van der Waals surface area contributed by atoms with Crippen molar-refractivity contribution in [3.63, 3.8) is 0 Å². The van der Waals surface area contributed by atoms with Crippen molar-refractivity contribution in [1.29, 1.82) is 0 Å². The molecule has 2 heterocycles. The van der Waals surface area contributed by atoms with E-state index in [-0.39, 0.29) is 18.2 Å². The van der Waals surface area contributed by atoms with Gasteiger partial charge in [-0.25, -0.2) is 14.1 Å². The summed E-state index contributed by atoms with van der Waals surface area (Å²) >= 11 is 0. The molecule has 0 bridgehead atoms. The van der Waals surface area contributed by atoms with E-state index in [1.807, 2.05) is 0 Å². The number of amides is 1. The highest BCUT2D eigenvalue weighted by atomic mass is 19.1. The lowest BCUT2D eigenvalue weighted by molar-refractivity contribution is 0.0937. The van der Waals surface area contributed by atoms with Crippen molar-refractivity contribution in [2.45, 2.75) is 13.5 Å². The summed E-state index contributed by atoms with van der Waals surface area (Å²) in [4.78, 5) is 16.2. The van der Waals surface area contributed by atoms with Crippen LogP contribution >= 0.6 is 0 Å². The Morgan fingerprint density at radius 1 is 1.32 bits per heavy atom. The molecule has 3 rings (SSSR count). The normalized spacial score (nSPS) is 10.6. The minimum atomic E-state index is -0.402. The maximum Gasteiger partial charge on any atom is 0.291 e. The van der Waals surface area contributed by atoms with Gasteiger partial charge in [0, 0.05) is 0 Å². The third kappa shape index (κ3) is 2.88. The summed E-state index contributed by atoms with van der Waals surface area (Å²) in [6.45, 7) is 1.98. The van der Waals surface area contributed by atoms with E-state index in [1.54, 1.807) is 31.2 Å². The molecule has 1 N–H and O–H groups in total. The molecule has 0 aliphatic heterocycles. The van der Waals surface area contributed by atoms with E-state index in [4.69, 9.17) is 4.42 Å². The summed E-state index contributed by atoms with van der Waals surface area (Å²) in [6, 6.07) is 9.30. The molecule has 1 amide bonds. The van der Waals surface area contributed by atoms with Crippen molar-refractivity contribution in [3.05, 3.63) is 65.9 Å². The average molecular weight is 300 g/mol. The molecule has 0 spiro atoms. The van der Waals surface area contributed by atoms with Gasteiger partial charge in [0.15, 0.2) is 0 Å². The molecule has 0 saturated carbocycles. The lowest BCUT2D eigenvalue weighted by Crippen LogP contribution is -2.24. The van der Waals surface area contributed by atoms with Gasteiger partial charge in [0.25, 0.3) is 5.91 Å². The van der Waals surface area contributed by atoms with Crippen LogP contribution in [0, 0.1) is 12.7 Å². The fourth-order valence-corrected chi connectivity index (χ4v) is 1.97. The highest BCUT2D eigenvalue weighted by Crippen LogP contribution is 2.10. The van der Waals surface area contributed by atoms with Gasteiger partial charge in [0.05, 0.1) is 18.5 Å². The number of hydrogen-bond acceptors (Lipinski definition) is 4. The van der Waals surface area contributed by atoms with Crippen molar-refractivity contribution in [3.8, 4) is 5.69 Å². The Labute approximate surface area is 125 Å². The van der Waals surface area contributed by atoms with Gasteiger partial charge in [-0.05, 0) is 43.3 Å². The first-order valence-corrected chi connectivity index (χ1v) is 6.63. The van der Waals surface area contributed by atoms with Crippen molar-refractivity contribution < 1.29 is 13.6 Å². The molecule has 1 aromatic carbocycles. The molecule has 2 aromatic heterocycles. The molecule has 0 radical (unpaired) electrons. The van der Waals surface area contributed by atoms with Crippen molar-refractivity contribution in [1.82, 2.24) is 20.1 Å². The van der Waals surface area contributed by atoms with Crippen LogP contribution in [-0.4, -0.2) is 20.7 Å². The second-order valence-electron chi connectivity index (χ2n) is 4.63. The van der Waals surface area contributed by atoms with E-state index in [0.717, 1.165) is 0 Å². The van der Waals surface area contributed by atoms with Crippen LogP contribution in [0.5, 0.6) is 0 Å². The second-order valence-corrected chi connectivity index (χ2v) is 4.63. The quantitative estimate of drug-likeness (QED) is 0.802. The summed E-state index contributed by atoms with van der Waals surface area (Å²) in [5, 5.41) is 6.82. The molecule has 0 saturated heterocycles. The smallest absolute Gasteiger partial charge is 0.291 e. The highest BCUT2D eigenvalue weighted by Gasteiger charge is 2.15. The molecule has 0 atom stereocenters. The van der Waals surface area contributed by atoms with Crippen LogP contribution in [0.2, 0.25) is 0 Å². The third-order valence-electron chi connectivity index (χ3n) is 3.05. The number of aryl methyl sites for hydroxylation is 1. The molecule has 3 aromatic rings. The number of carbonyl (C=O) groups is 1. The molecule has 112 valence electrons. The SMILES string of the molecule is Cc1nc(C(=O)NCc2ccco2)nn1-c1ccc(F)cc1. The van der Waals surface area contributed by atoms with Gasteiger partial charge < -0.3 is 9.73 Å². The second kappa shape index (κ2) is 5.80. The largest absolute Gasteiger partial charge is 0.467 e. The van der Waals surface area contributed by atoms with E-state index in [1.165, 1.54) is 23.1 Å². The summed E-state index contributed by atoms with van der Waals surface area (Å²) in [5.41, 5.74) is 0.636. The van der Waals surface area contributed by atoms with Crippen LogP contribution in [-0.2, 0) is 6.54 Å². The molecule has 6 nitrogen and oxygen atoms in total. The number of nitrogens with one attached hydrogen (secondary N) is 1. The zero-order valence-electron chi connectivity index (χ0n) is 11.8. The molecular formula is C15H13FN4O2. The third-order valence-corrected chi connectivity index (χ3v) is 3.05. The molecule has 0 aliphatic rings. The summed E-state index contributed by atoms with van der Waals surface area (Å²) < 4.78 is 19.6. The zero-order chi connectivity index (χ0) is 15.5. The number of aromatic nitrogens is 3. The Kier molecular flexibility index (Phi) is 3.69. The fraction of sp³-hybridized carbons (Fsp3) is 0.133. The van der Waals surface area contributed by atoms with Crippen LogP contribution in [0.25, 0.3) is 5.69 Å². The van der Waals surface area contributed by atoms with Crippen LogP contribution in [0.1, 0.15) is 22.2 Å². The number of furan rings is 1. The van der Waals surface area contributed by atoms with Gasteiger partial charge in [-0.2, -0.15) is 0 Å². The minimum Gasteiger partial charge on any atom is -0.467 e. The molecule has 0 fully saturated rings. The summed E-state index contributed by atoms with van der Waals surface area (Å²) in [6.07, 6.45) is 1.53. The number of benzene rings is 1. The zero-order valence-corrected chi connectivity index (χ0v) is 11.8. The van der Waals surface area contributed by atoms with Gasteiger partial charge in [-0.3, -0.25) is 4.79 Å². The summed E-state index contributed by atoms with van der Waals surface area (Å²) in [5.74, 6) is 0.490. The monoisotopic (exact) mass is 300 g/mol. The Balaban J connectivity index is 1.76. The first kappa shape index (κ1) is 14.0. The van der Waals surface area contributed by atoms with E-state index < -0.39 is 5.91 Å². The lowest BCUT2D eigenvalue weighted by Gasteiger charge is -2.02. The maximum atomic E-state index is 13.0. The number of carbonyl (C=O) groups excluding carboxylic acids is 1. The van der Waals surface area contributed by atoms with Crippen LogP contribution < -0.4 is 5.32 Å². The van der Waals surface area contributed by atoms with Crippen molar-refractivity contribution in [2.24, 2.45) is 0 Å². The van der Waals surface area contributed by atoms with Crippen LogP contribution in [0.15, 0.2) is 47.1 Å². The molecule has 22 heavy (non-hydrogen) atoms. The predicted octanol–water partition coefficient (Wildman–Crippen LogP) is 2.24.